The lowest BCUT2D eigenvalue weighted by atomic mass is 10.3. The third kappa shape index (κ3) is 2.00. The predicted molar refractivity (Wildman–Crippen MR) is 57.0 cm³/mol. The van der Waals surface area contributed by atoms with Crippen LogP contribution in [0.3, 0.4) is 0 Å². The molecule has 5 heteroatoms. The van der Waals surface area contributed by atoms with Crippen molar-refractivity contribution in [1.82, 2.24) is 14.8 Å². The molecule has 0 saturated carbocycles. The Morgan fingerprint density at radius 2 is 2.27 bits per heavy atom. The second kappa shape index (κ2) is 4.00. The van der Waals surface area contributed by atoms with E-state index in [1.54, 1.807) is 29.2 Å². The van der Waals surface area contributed by atoms with Gasteiger partial charge in [0.2, 0.25) is 0 Å². The summed E-state index contributed by atoms with van der Waals surface area (Å²) in [6, 6.07) is 3.58. The highest BCUT2D eigenvalue weighted by molar-refractivity contribution is 6.31. The number of halogens is 1. The SMILES string of the molecule is Cc1nn(-c2ccc(CO)cn2)cc1Cl. The predicted octanol–water partition coefficient (Wildman–Crippen LogP) is 1.72. The van der Waals surface area contributed by atoms with Gasteiger partial charge in [0.1, 0.15) is 0 Å². The van der Waals surface area contributed by atoms with E-state index in [-0.39, 0.29) is 6.61 Å². The van der Waals surface area contributed by atoms with Crippen LogP contribution in [0.1, 0.15) is 11.3 Å². The zero-order valence-electron chi connectivity index (χ0n) is 8.18. The molecule has 0 aliphatic carbocycles. The van der Waals surface area contributed by atoms with Crippen LogP contribution in [0.2, 0.25) is 5.02 Å². The van der Waals surface area contributed by atoms with Gasteiger partial charge in [-0.05, 0) is 18.6 Å². The number of hydrogen-bond acceptors (Lipinski definition) is 3. The van der Waals surface area contributed by atoms with E-state index in [2.05, 4.69) is 10.1 Å². The van der Waals surface area contributed by atoms with Crippen LogP contribution in [0.15, 0.2) is 24.5 Å². The van der Waals surface area contributed by atoms with Crippen molar-refractivity contribution in [3.05, 3.63) is 40.8 Å². The molecule has 4 nitrogen and oxygen atoms in total. The summed E-state index contributed by atoms with van der Waals surface area (Å²) in [7, 11) is 0. The van der Waals surface area contributed by atoms with Gasteiger partial charge in [0, 0.05) is 6.20 Å². The largest absolute Gasteiger partial charge is 0.392 e. The number of aliphatic hydroxyl groups is 1. The van der Waals surface area contributed by atoms with E-state index in [9.17, 15) is 0 Å². The number of pyridine rings is 1. The summed E-state index contributed by atoms with van der Waals surface area (Å²) < 4.78 is 1.61. The van der Waals surface area contributed by atoms with Crippen LogP contribution < -0.4 is 0 Å². The Morgan fingerprint density at radius 3 is 2.73 bits per heavy atom. The molecule has 0 atom stereocenters. The topological polar surface area (TPSA) is 50.9 Å². The van der Waals surface area contributed by atoms with Crippen LogP contribution in [-0.2, 0) is 6.61 Å². The molecule has 0 spiro atoms. The lowest BCUT2D eigenvalue weighted by molar-refractivity contribution is 0.281. The van der Waals surface area contributed by atoms with Crippen LogP contribution in [0.25, 0.3) is 5.82 Å². The molecule has 0 fully saturated rings. The fourth-order valence-electron chi connectivity index (χ4n) is 1.20. The quantitative estimate of drug-likeness (QED) is 0.844. The zero-order chi connectivity index (χ0) is 10.8. The molecule has 0 unspecified atom stereocenters. The van der Waals surface area contributed by atoms with E-state index in [4.69, 9.17) is 16.7 Å². The van der Waals surface area contributed by atoms with Gasteiger partial charge in [-0.1, -0.05) is 17.7 Å². The first-order valence-corrected chi connectivity index (χ1v) is 4.86. The maximum atomic E-state index is 8.86. The van der Waals surface area contributed by atoms with Gasteiger partial charge in [-0.2, -0.15) is 5.10 Å². The van der Waals surface area contributed by atoms with Gasteiger partial charge in [0.25, 0.3) is 0 Å². The minimum absolute atomic E-state index is 0.00777. The summed E-state index contributed by atoms with van der Waals surface area (Å²) in [5, 5.41) is 13.7. The summed E-state index contributed by atoms with van der Waals surface area (Å²) in [6.45, 7) is 1.83. The zero-order valence-corrected chi connectivity index (χ0v) is 8.94. The smallest absolute Gasteiger partial charge is 0.153 e. The lowest BCUT2D eigenvalue weighted by Gasteiger charge is -2.00. The minimum Gasteiger partial charge on any atom is -0.392 e. The third-order valence-corrected chi connectivity index (χ3v) is 2.44. The second-order valence-corrected chi connectivity index (χ2v) is 3.60. The van der Waals surface area contributed by atoms with E-state index < -0.39 is 0 Å². The van der Waals surface area contributed by atoms with Crippen LogP contribution in [0.4, 0.5) is 0 Å². The van der Waals surface area contributed by atoms with Crippen molar-refractivity contribution in [2.75, 3.05) is 0 Å². The lowest BCUT2D eigenvalue weighted by Crippen LogP contribution is -1.98. The number of aryl methyl sites for hydroxylation is 1. The minimum atomic E-state index is -0.00777. The first-order chi connectivity index (χ1) is 7.20. The van der Waals surface area contributed by atoms with Crippen molar-refractivity contribution in [2.45, 2.75) is 13.5 Å². The first kappa shape index (κ1) is 10.1. The number of aliphatic hydroxyl groups excluding tert-OH is 1. The number of aromatic nitrogens is 3. The van der Waals surface area contributed by atoms with Crippen molar-refractivity contribution in [2.24, 2.45) is 0 Å². The van der Waals surface area contributed by atoms with Crippen LogP contribution in [0, 0.1) is 6.92 Å². The Bertz CT molecular complexity index is 445. The number of rotatable bonds is 2. The Kier molecular flexibility index (Phi) is 2.70. The highest BCUT2D eigenvalue weighted by Crippen LogP contribution is 2.15. The molecule has 15 heavy (non-hydrogen) atoms. The maximum absolute atomic E-state index is 8.86. The van der Waals surface area contributed by atoms with Gasteiger partial charge in [-0.3, -0.25) is 0 Å². The fraction of sp³-hybridized carbons (Fsp3) is 0.200. The van der Waals surface area contributed by atoms with Crippen molar-refractivity contribution in [3.8, 4) is 5.82 Å². The number of hydrogen-bond donors (Lipinski definition) is 1. The molecule has 0 aromatic carbocycles. The molecule has 0 aliphatic rings. The Labute approximate surface area is 92.1 Å². The summed E-state index contributed by atoms with van der Waals surface area (Å²) in [6.07, 6.45) is 3.32. The molecular formula is C10H10ClN3O. The molecular weight excluding hydrogens is 214 g/mol. The first-order valence-electron chi connectivity index (χ1n) is 4.48. The maximum Gasteiger partial charge on any atom is 0.153 e. The molecule has 1 N–H and O–H groups in total. The average Bonchev–Trinajstić information content (AvgIpc) is 2.59. The Morgan fingerprint density at radius 1 is 1.47 bits per heavy atom. The van der Waals surface area contributed by atoms with Crippen LogP contribution in [-0.4, -0.2) is 19.9 Å². The molecule has 0 saturated heterocycles. The standard InChI is InChI=1S/C10H10ClN3O/c1-7-9(11)5-14(13-7)10-3-2-8(6-15)4-12-10/h2-5,15H,6H2,1H3. The average molecular weight is 224 g/mol. The summed E-state index contributed by atoms with van der Waals surface area (Å²) in [5.41, 5.74) is 1.54. The normalized spacial score (nSPS) is 10.6. The Balaban J connectivity index is 2.37. The van der Waals surface area contributed by atoms with Crippen molar-refractivity contribution >= 4 is 11.6 Å². The number of nitrogens with zero attached hydrogens (tertiary/aromatic N) is 3. The van der Waals surface area contributed by atoms with Crippen molar-refractivity contribution < 1.29 is 5.11 Å². The van der Waals surface area contributed by atoms with Gasteiger partial charge < -0.3 is 5.11 Å². The fourth-order valence-corrected chi connectivity index (χ4v) is 1.33. The van der Waals surface area contributed by atoms with Crippen molar-refractivity contribution in [3.63, 3.8) is 0 Å². The molecule has 2 aromatic rings. The van der Waals surface area contributed by atoms with Crippen LogP contribution in [0.5, 0.6) is 0 Å². The van der Waals surface area contributed by atoms with Crippen molar-refractivity contribution in [1.29, 1.82) is 0 Å². The third-order valence-electron chi connectivity index (χ3n) is 2.07. The van der Waals surface area contributed by atoms with E-state index in [0.717, 1.165) is 11.3 Å². The van der Waals surface area contributed by atoms with Crippen LogP contribution >= 0.6 is 11.6 Å². The highest BCUT2D eigenvalue weighted by Gasteiger charge is 2.04. The molecule has 0 radical (unpaired) electrons. The molecule has 2 aromatic heterocycles. The van der Waals surface area contributed by atoms with E-state index in [0.29, 0.717) is 10.8 Å². The van der Waals surface area contributed by atoms with Gasteiger partial charge >= 0.3 is 0 Å². The Hall–Kier alpha value is -1.39. The molecule has 0 bridgehead atoms. The van der Waals surface area contributed by atoms with Gasteiger partial charge in [-0.25, -0.2) is 9.67 Å². The molecule has 2 heterocycles. The van der Waals surface area contributed by atoms with Gasteiger partial charge in [0.05, 0.1) is 23.5 Å². The molecule has 0 aliphatic heterocycles. The van der Waals surface area contributed by atoms with E-state index in [1.165, 1.54) is 0 Å². The summed E-state index contributed by atoms with van der Waals surface area (Å²) >= 11 is 5.89. The summed E-state index contributed by atoms with van der Waals surface area (Å²) in [5.74, 6) is 0.683. The van der Waals surface area contributed by atoms with Gasteiger partial charge in [0.15, 0.2) is 5.82 Å². The highest BCUT2D eigenvalue weighted by atomic mass is 35.5. The molecule has 0 amide bonds. The summed E-state index contributed by atoms with van der Waals surface area (Å²) in [4.78, 5) is 4.16. The molecule has 2 rings (SSSR count). The van der Waals surface area contributed by atoms with E-state index >= 15 is 0 Å². The van der Waals surface area contributed by atoms with E-state index in [1.807, 2.05) is 6.92 Å². The molecule has 78 valence electrons. The van der Waals surface area contributed by atoms with Gasteiger partial charge in [-0.15, -0.1) is 0 Å². The monoisotopic (exact) mass is 223 g/mol. The second-order valence-electron chi connectivity index (χ2n) is 3.19.